The zero-order valence-electron chi connectivity index (χ0n) is 13.2. The van der Waals surface area contributed by atoms with Crippen LogP contribution in [0.2, 0.25) is 0 Å². The second kappa shape index (κ2) is 7.20. The molecule has 1 aromatic heterocycles. The summed E-state index contributed by atoms with van der Waals surface area (Å²) in [5, 5.41) is 5.90. The van der Waals surface area contributed by atoms with Gasteiger partial charge >= 0.3 is 6.18 Å². The number of amides is 1. The Hall–Kier alpha value is -3.10. The van der Waals surface area contributed by atoms with Gasteiger partial charge in [0.15, 0.2) is 5.96 Å². The fourth-order valence-corrected chi connectivity index (χ4v) is 2.14. The lowest BCUT2D eigenvalue weighted by Crippen LogP contribution is -2.37. The number of aryl methyl sites for hydroxylation is 1. The SMILES string of the molecule is C=CCN=C(N)NC(=O)c1c(-c2ccccc2C(F)(F)F)noc1C. The molecular weight excluding hydrogens is 337 g/mol. The van der Waals surface area contributed by atoms with Gasteiger partial charge in [-0.2, -0.15) is 13.2 Å². The summed E-state index contributed by atoms with van der Waals surface area (Å²) in [6, 6.07) is 4.78. The third-order valence-electron chi connectivity index (χ3n) is 3.21. The summed E-state index contributed by atoms with van der Waals surface area (Å²) in [6.07, 6.45) is -3.14. The first-order valence-corrected chi connectivity index (χ1v) is 7.10. The van der Waals surface area contributed by atoms with Gasteiger partial charge in [-0.1, -0.05) is 29.4 Å². The summed E-state index contributed by atoms with van der Waals surface area (Å²) in [6.45, 7) is 5.05. The number of guanidine groups is 1. The van der Waals surface area contributed by atoms with E-state index in [4.69, 9.17) is 10.3 Å². The van der Waals surface area contributed by atoms with Gasteiger partial charge in [-0.15, -0.1) is 6.58 Å². The Morgan fingerprint density at radius 3 is 2.76 bits per heavy atom. The Balaban J connectivity index is 2.48. The average molecular weight is 352 g/mol. The van der Waals surface area contributed by atoms with Gasteiger partial charge in [-0.3, -0.25) is 10.1 Å². The summed E-state index contributed by atoms with van der Waals surface area (Å²) in [5.41, 5.74) is 3.99. The van der Waals surface area contributed by atoms with Crippen LogP contribution in [0.4, 0.5) is 13.2 Å². The minimum Gasteiger partial charge on any atom is -0.370 e. The second-order valence-corrected chi connectivity index (χ2v) is 4.97. The quantitative estimate of drug-likeness (QED) is 0.503. The van der Waals surface area contributed by atoms with Crippen LogP contribution in [0.1, 0.15) is 21.7 Å². The summed E-state index contributed by atoms with van der Waals surface area (Å²) in [5.74, 6) is -0.905. The molecular formula is C16H15F3N4O2. The van der Waals surface area contributed by atoms with Crippen molar-refractivity contribution in [1.29, 1.82) is 0 Å². The molecule has 132 valence electrons. The highest BCUT2D eigenvalue weighted by atomic mass is 19.4. The first kappa shape index (κ1) is 18.2. The Morgan fingerprint density at radius 2 is 2.12 bits per heavy atom. The first-order valence-electron chi connectivity index (χ1n) is 7.10. The molecule has 0 radical (unpaired) electrons. The molecule has 0 unspecified atom stereocenters. The molecule has 25 heavy (non-hydrogen) atoms. The van der Waals surface area contributed by atoms with Gasteiger partial charge in [0.1, 0.15) is 17.0 Å². The zero-order chi connectivity index (χ0) is 18.6. The van der Waals surface area contributed by atoms with Crippen molar-refractivity contribution < 1.29 is 22.5 Å². The van der Waals surface area contributed by atoms with E-state index in [2.05, 4.69) is 22.0 Å². The number of alkyl halides is 3. The van der Waals surface area contributed by atoms with Crippen LogP contribution in [0, 0.1) is 6.92 Å². The number of nitrogens with zero attached hydrogens (tertiary/aromatic N) is 2. The highest BCUT2D eigenvalue weighted by Crippen LogP contribution is 2.38. The van der Waals surface area contributed by atoms with Crippen molar-refractivity contribution in [2.24, 2.45) is 10.7 Å². The number of carbonyl (C=O) groups is 1. The molecule has 3 N–H and O–H groups in total. The number of nitrogens with two attached hydrogens (primary N) is 1. The van der Waals surface area contributed by atoms with Crippen molar-refractivity contribution in [1.82, 2.24) is 10.5 Å². The number of aliphatic imine (C=N–C) groups is 1. The molecule has 0 aliphatic carbocycles. The first-order chi connectivity index (χ1) is 11.8. The number of hydrogen-bond donors (Lipinski definition) is 2. The standard InChI is InChI=1S/C16H15F3N4O2/c1-3-8-21-15(20)22-14(24)12-9(2)25-23-13(12)10-6-4-5-7-11(10)16(17,18)19/h3-7H,1,8H2,2H3,(H3,20,21,22,24). The smallest absolute Gasteiger partial charge is 0.370 e. The molecule has 6 nitrogen and oxygen atoms in total. The van der Waals surface area contributed by atoms with E-state index in [-0.39, 0.29) is 35.1 Å². The average Bonchev–Trinajstić information content (AvgIpc) is 2.93. The molecule has 1 amide bonds. The van der Waals surface area contributed by atoms with Crippen molar-refractivity contribution in [3.8, 4) is 11.3 Å². The van der Waals surface area contributed by atoms with E-state index in [1.54, 1.807) is 0 Å². The highest BCUT2D eigenvalue weighted by Gasteiger charge is 2.35. The largest absolute Gasteiger partial charge is 0.417 e. The second-order valence-electron chi connectivity index (χ2n) is 4.97. The predicted octanol–water partition coefficient (Wildman–Crippen LogP) is 2.90. The number of carbonyl (C=O) groups excluding carboxylic acids is 1. The van der Waals surface area contributed by atoms with Gasteiger partial charge in [0.2, 0.25) is 0 Å². The maximum Gasteiger partial charge on any atom is 0.417 e. The number of aromatic nitrogens is 1. The number of benzene rings is 1. The van der Waals surface area contributed by atoms with Gasteiger partial charge in [-0.05, 0) is 13.0 Å². The van der Waals surface area contributed by atoms with Crippen LogP contribution in [0.5, 0.6) is 0 Å². The molecule has 0 fully saturated rings. The Bertz CT molecular complexity index is 825. The molecule has 0 atom stereocenters. The normalized spacial score (nSPS) is 12.1. The fraction of sp³-hybridized carbons (Fsp3) is 0.188. The molecule has 1 aromatic carbocycles. The van der Waals surface area contributed by atoms with Gasteiger partial charge in [0.25, 0.3) is 5.91 Å². The van der Waals surface area contributed by atoms with Gasteiger partial charge in [-0.25, -0.2) is 4.99 Å². The van der Waals surface area contributed by atoms with E-state index in [1.807, 2.05) is 0 Å². The van der Waals surface area contributed by atoms with Crippen molar-refractivity contribution in [3.63, 3.8) is 0 Å². The van der Waals surface area contributed by atoms with E-state index in [0.29, 0.717) is 0 Å². The Kier molecular flexibility index (Phi) is 5.26. The number of rotatable bonds is 4. The van der Waals surface area contributed by atoms with Crippen LogP contribution in [0.3, 0.4) is 0 Å². The van der Waals surface area contributed by atoms with Crippen LogP contribution in [0.15, 0.2) is 46.4 Å². The molecule has 2 aromatic rings. The van der Waals surface area contributed by atoms with Crippen molar-refractivity contribution in [2.45, 2.75) is 13.1 Å². The lowest BCUT2D eigenvalue weighted by molar-refractivity contribution is -0.137. The minimum absolute atomic E-state index is 0.0565. The van der Waals surface area contributed by atoms with Crippen LogP contribution in [0.25, 0.3) is 11.3 Å². The summed E-state index contributed by atoms with van der Waals surface area (Å²) >= 11 is 0. The monoisotopic (exact) mass is 352 g/mol. The topological polar surface area (TPSA) is 93.5 Å². The molecule has 0 spiro atoms. The Morgan fingerprint density at radius 1 is 1.44 bits per heavy atom. The van der Waals surface area contributed by atoms with E-state index in [9.17, 15) is 18.0 Å². The van der Waals surface area contributed by atoms with Gasteiger partial charge in [0.05, 0.1) is 12.1 Å². The molecule has 0 aliphatic heterocycles. The zero-order valence-corrected chi connectivity index (χ0v) is 13.2. The summed E-state index contributed by atoms with van der Waals surface area (Å²) in [7, 11) is 0. The fourth-order valence-electron chi connectivity index (χ4n) is 2.14. The molecule has 0 saturated carbocycles. The third-order valence-corrected chi connectivity index (χ3v) is 3.21. The third kappa shape index (κ3) is 4.06. The van der Waals surface area contributed by atoms with E-state index in [1.165, 1.54) is 31.2 Å². The molecule has 0 bridgehead atoms. The molecule has 9 heteroatoms. The van der Waals surface area contributed by atoms with Crippen LogP contribution < -0.4 is 11.1 Å². The van der Waals surface area contributed by atoms with Crippen molar-refractivity contribution in [3.05, 3.63) is 53.8 Å². The number of halogens is 3. The summed E-state index contributed by atoms with van der Waals surface area (Å²) in [4.78, 5) is 16.2. The van der Waals surface area contributed by atoms with Gasteiger partial charge < -0.3 is 10.3 Å². The van der Waals surface area contributed by atoms with Crippen LogP contribution >= 0.6 is 0 Å². The van der Waals surface area contributed by atoms with Gasteiger partial charge in [0, 0.05) is 5.56 Å². The van der Waals surface area contributed by atoms with Crippen LogP contribution in [-0.2, 0) is 6.18 Å². The molecule has 0 aliphatic rings. The van der Waals surface area contributed by atoms with E-state index < -0.39 is 17.6 Å². The van der Waals surface area contributed by atoms with Crippen molar-refractivity contribution >= 4 is 11.9 Å². The molecule has 1 heterocycles. The predicted molar refractivity (Wildman–Crippen MR) is 85.8 cm³/mol. The molecule has 0 saturated heterocycles. The Labute approximate surface area is 141 Å². The maximum atomic E-state index is 13.2. The lowest BCUT2D eigenvalue weighted by Gasteiger charge is -2.12. The lowest BCUT2D eigenvalue weighted by atomic mass is 10.00. The number of nitrogens with one attached hydrogen (secondary N) is 1. The maximum absolute atomic E-state index is 13.2. The highest BCUT2D eigenvalue weighted by molar-refractivity contribution is 6.09. The van der Waals surface area contributed by atoms with Crippen LogP contribution in [-0.4, -0.2) is 23.6 Å². The molecule has 2 rings (SSSR count). The summed E-state index contributed by atoms with van der Waals surface area (Å²) < 4.78 is 44.6. The van der Waals surface area contributed by atoms with E-state index in [0.717, 1.165) is 6.07 Å². The minimum atomic E-state index is -4.61. The van der Waals surface area contributed by atoms with E-state index >= 15 is 0 Å². The number of hydrogen-bond acceptors (Lipinski definition) is 4. The van der Waals surface area contributed by atoms with Crippen molar-refractivity contribution in [2.75, 3.05) is 6.54 Å².